The Hall–Kier alpha value is -0.830. The van der Waals surface area contributed by atoms with E-state index in [1.54, 1.807) is 0 Å². The van der Waals surface area contributed by atoms with Crippen LogP contribution in [0.15, 0.2) is 12.7 Å². The van der Waals surface area contributed by atoms with Crippen LogP contribution in [-0.2, 0) is 4.79 Å². The van der Waals surface area contributed by atoms with E-state index in [4.69, 9.17) is 5.11 Å². The normalized spacial score (nSPS) is 27.7. The summed E-state index contributed by atoms with van der Waals surface area (Å²) in [6.07, 6.45) is 1.34. The molecule has 1 aliphatic rings. The summed E-state index contributed by atoms with van der Waals surface area (Å²) in [7, 11) is 0. The third-order valence-electron chi connectivity index (χ3n) is 1.73. The molecule has 10 heavy (non-hydrogen) atoms. The van der Waals surface area contributed by atoms with E-state index < -0.39 is 6.10 Å². The number of hydrogen-bond acceptors (Lipinski definition) is 2. The monoisotopic (exact) mass is 141 g/mol. The van der Waals surface area contributed by atoms with Crippen LogP contribution in [0.2, 0.25) is 0 Å². The molecule has 3 heteroatoms. The highest BCUT2D eigenvalue weighted by molar-refractivity contribution is 5.78. The SMILES string of the molecule is C=C[C@H](O)[C@H]1CNC(=O)C1. The minimum absolute atomic E-state index is 0.0194. The van der Waals surface area contributed by atoms with Crippen LogP contribution in [0.25, 0.3) is 0 Å². The zero-order valence-electron chi connectivity index (χ0n) is 5.71. The van der Waals surface area contributed by atoms with Crippen LogP contribution >= 0.6 is 0 Å². The molecule has 2 N–H and O–H groups in total. The minimum atomic E-state index is -0.543. The number of aliphatic hydroxyl groups is 1. The fourth-order valence-corrected chi connectivity index (χ4v) is 1.06. The molecule has 56 valence electrons. The van der Waals surface area contributed by atoms with E-state index in [0.29, 0.717) is 13.0 Å². The minimum Gasteiger partial charge on any atom is -0.389 e. The smallest absolute Gasteiger partial charge is 0.220 e. The van der Waals surface area contributed by atoms with Crippen LogP contribution in [0.5, 0.6) is 0 Å². The largest absolute Gasteiger partial charge is 0.389 e. The Bertz CT molecular complexity index is 156. The Labute approximate surface area is 59.7 Å². The summed E-state index contributed by atoms with van der Waals surface area (Å²) in [4.78, 5) is 10.6. The molecule has 0 spiro atoms. The second-order valence-corrected chi connectivity index (χ2v) is 2.49. The molecule has 0 aromatic carbocycles. The molecule has 1 heterocycles. The Morgan fingerprint density at radius 3 is 3.00 bits per heavy atom. The lowest BCUT2D eigenvalue weighted by Crippen LogP contribution is -2.20. The summed E-state index contributed by atoms with van der Waals surface area (Å²) in [5, 5.41) is 11.8. The number of nitrogens with one attached hydrogen (secondary N) is 1. The number of rotatable bonds is 2. The molecular formula is C7H11NO2. The van der Waals surface area contributed by atoms with Crippen molar-refractivity contribution >= 4 is 5.91 Å². The topological polar surface area (TPSA) is 49.3 Å². The van der Waals surface area contributed by atoms with Crippen molar-refractivity contribution in [2.45, 2.75) is 12.5 Å². The Morgan fingerprint density at radius 1 is 1.90 bits per heavy atom. The zero-order chi connectivity index (χ0) is 7.56. The maximum atomic E-state index is 10.6. The highest BCUT2D eigenvalue weighted by atomic mass is 16.3. The van der Waals surface area contributed by atoms with Crippen molar-refractivity contribution in [3.05, 3.63) is 12.7 Å². The molecule has 1 aliphatic heterocycles. The third kappa shape index (κ3) is 1.36. The molecule has 0 aromatic rings. The van der Waals surface area contributed by atoms with Crippen molar-refractivity contribution in [2.24, 2.45) is 5.92 Å². The van der Waals surface area contributed by atoms with Gasteiger partial charge in [-0.15, -0.1) is 6.58 Å². The molecule has 2 atom stereocenters. The van der Waals surface area contributed by atoms with Gasteiger partial charge in [0.2, 0.25) is 5.91 Å². The molecule has 0 aliphatic carbocycles. The Kier molecular flexibility index (Phi) is 2.06. The molecule has 0 saturated carbocycles. The van der Waals surface area contributed by atoms with E-state index in [0.717, 1.165) is 0 Å². The van der Waals surface area contributed by atoms with E-state index in [9.17, 15) is 4.79 Å². The fraction of sp³-hybridized carbons (Fsp3) is 0.571. The lowest BCUT2D eigenvalue weighted by Gasteiger charge is -2.09. The van der Waals surface area contributed by atoms with Gasteiger partial charge in [0.1, 0.15) is 0 Å². The van der Waals surface area contributed by atoms with Gasteiger partial charge in [-0.25, -0.2) is 0 Å². The van der Waals surface area contributed by atoms with E-state index in [1.165, 1.54) is 6.08 Å². The van der Waals surface area contributed by atoms with Gasteiger partial charge in [0.25, 0.3) is 0 Å². The molecule has 0 unspecified atom stereocenters. The highest BCUT2D eigenvalue weighted by Gasteiger charge is 2.25. The van der Waals surface area contributed by atoms with Gasteiger partial charge in [0.15, 0.2) is 0 Å². The molecule has 3 nitrogen and oxygen atoms in total. The number of aliphatic hydroxyl groups excluding tert-OH is 1. The van der Waals surface area contributed by atoms with Crippen LogP contribution in [0.1, 0.15) is 6.42 Å². The summed E-state index contributed by atoms with van der Waals surface area (Å²) in [5.74, 6) is 0.0518. The fourth-order valence-electron chi connectivity index (χ4n) is 1.06. The van der Waals surface area contributed by atoms with Crippen molar-refractivity contribution in [3.8, 4) is 0 Å². The maximum Gasteiger partial charge on any atom is 0.220 e. The van der Waals surface area contributed by atoms with Gasteiger partial charge in [-0.1, -0.05) is 6.08 Å². The van der Waals surface area contributed by atoms with E-state index in [1.807, 2.05) is 0 Å². The Morgan fingerprint density at radius 2 is 2.60 bits per heavy atom. The predicted molar refractivity (Wildman–Crippen MR) is 37.3 cm³/mol. The summed E-state index contributed by atoms with van der Waals surface area (Å²) < 4.78 is 0. The number of amides is 1. The van der Waals surface area contributed by atoms with Gasteiger partial charge < -0.3 is 10.4 Å². The van der Waals surface area contributed by atoms with Gasteiger partial charge >= 0.3 is 0 Å². The van der Waals surface area contributed by atoms with Crippen LogP contribution in [-0.4, -0.2) is 23.7 Å². The molecule has 1 amide bonds. The first-order valence-electron chi connectivity index (χ1n) is 3.31. The number of hydrogen-bond donors (Lipinski definition) is 2. The molecule has 0 radical (unpaired) electrons. The number of carbonyl (C=O) groups excluding carboxylic acids is 1. The predicted octanol–water partition coefficient (Wildman–Crippen LogP) is -0.331. The zero-order valence-corrected chi connectivity index (χ0v) is 5.71. The van der Waals surface area contributed by atoms with Crippen LogP contribution < -0.4 is 5.32 Å². The first kappa shape index (κ1) is 7.28. The first-order chi connectivity index (χ1) is 4.74. The first-order valence-corrected chi connectivity index (χ1v) is 3.31. The van der Waals surface area contributed by atoms with Crippen LogP contribution in [0.3, 0.4) is 0 Å². The van der Waals surface area contributed by atoms with E-state index in [-0.39, 0.29) is 11.8 Å². The third-order valence-corrected chi connectivity index (χ3v) is 1.73. The summed E-state index contributed by atoms with van der Waals surface area (Å²) in [6, 6.07) is 0. The maximum absolute atomic E-state index is 10.6. The van der Waals surface area contributed by atoms with E-state index >= 15 is 0 Å². The lowest BCUT2D eigenvalue weighted by molar-refractivity contribution is -0.119. The second-order valence-electron chi connectivity index (χ2n) is 2.49. The number of carbonyl (C=O) groups is 1. The van der Waals surface area contributed by atoms with Crippen molar-refractivity contribution in [1.29, 1.82) is 0 Å². The lowest BCUT2D eigenvalue weighted by atomic mass is 10.0. The average molecular weight is 141 g/mol. The second kappa shape index (κ2) is 2.84. The van der Waals surface area contributed by atoms with Crippen molar-refractivity contribution in [3.63, 3.8) is 0 Å². The summed E-state index contributed by atoms with van der Waals surface area (Å²) in [5.41, 5.74) is 0. The molecule has 1 saturated heterocycles. The molecule has 0 bridgehead atoms. The summed E-state index contributed by atoms with van der Waals surface area (Å²) >= 11 is 0. The van der Waals surface area contributed by atoms with Gasteiger partial charge in [-0.05, 0) is 0 Å². The van der Waals surface area contributed by atoms with Crippen LogP contribution in [0.4, 0.5) is 0 Å². The standard InChI is InChI=1S/C7H11NO2/c1-2-6(9)5-3-7(10)8-4-5/h2,5-6,9H,1,3-4H2,(H,8,10)/t5-,6+/m1/s1. The molecule has 1 rings (SSSR count). The van der Waals surface area contributed by atoms with Gasteiger partial charge in [0, 0.05) is 18.9 Å². The van der Waals surface area contributed by atoms with Gasteiger partial charge in [0.05, 0.1) is 6.10 Å². The highest BCUT2D eigenvalue weighted by Crippen LogP contribution is 2.13. The molecular weight excluding hydrogens is 130 g/mol. The van der Waals surface area contributed by atoms with Crippen molar-refractivity contribution < 1.29 is 9.90 Å². The van der Waals surface area contributed by atoms with Gasteiger partial charge in [-0.2, -0.15) is 0 Å². The molecule has 0 aromatic heterocycles. The molecule has 1 fully saturated rings. The van der Waals surface area contributed by atoms with Gasteiger partial charge in [-0.3, -0.25) is 4.79 Å². The van der Waals surface area contributed by atoms with Crippen LogP contribution in [0, 0.1) is 5.92 Å². The summed E-state index contributed by atoms with van der Waals surface area (Å²) in [6.45, 7) is 4.02. The average Bonchev–Trinajstić information content (AvgIpc) is 2.34. The van der Waals surface area contributed by atoms with Crippen molar-refractivity contribution in [2.75, 3.05) is 6.54 Å². The van der Waals surface area contributed by atoms with Crippen molar-refractivity contribution in [1.82, 2.24) is 5.32 Å². The quantitative estimate of drug-likeness (QED) is 0.517. The van der Waals surface area contributed by atoms with E-state index in [2.05, 4.69) is 11.9 Å². The Balaban J connectivity index is 2.43.